The van der Waals surface area contributed by atoms with Crippen LogP contribution < -0.4 is 10.2 Å². The van der Waals surface area contributed by atoms with Gasteiger partial charge in [0.05, 0.1) is 0 Å². The van der Waals surface area contributed by atoms with Crippen molar-refractivity contribution in [2.75, 3.05) is 16.8 Å². The molecule has 0 spiro atoms. The van der Waals surface area contributed by atoms with Gasteiger partial charge in [0.25, 0.3) is 0 Å². The molecular weight excluding hydrogens is 256 g/mol. The second kappa shape index (κ2) is 5.10. The van der Waals surface area contributed by atoms with Gasteiger partial charge in [-0.2, -0.15) is 0 Å². The highest BCUT2D eigenvalue weighted by molar-refractivity contribution is 5.60. The summed E-state index contributed by atoms with van der Waals surface area (Å²) in [6.07, 6.45) is 3.62. The molecule has 0 saturated carbocycles. The summed E-state index contributed by atoms with van der Waals surface area (Å²) in [5.74, 6) is 0. The maximum absolute atomic E-state index is 3.49. The van der Waals surface area contributed by atoms with E-state index in [2.05, 4.69) is 59.6 Å². The molecule has 1 atom stereocenters. The van der Waals surface area contributed by atoms with E-state index in [1.165, 1.54) is 47.3 Å². The summed E-state index contributed by atoms with van der Waals surface area (Å²) in [6, 6.07) is 16.4. The van der Waals surface area contributed by atoms with Crippen LogP contribution in [0.1, 0.15) is 30.0 Å². The lowest BCUT2D eigenvalue weighted by atomic mass is 9.96. The third-order valence-corrected chi connectivity index (χ3v) is 4.90. The van der Waals surface area contributed by atoms with Gasteiger partial charge in [-0.3, -0.25) is 0 Å². The molecule has 0 amide bonds. The molecule has 2 heterocycles. The lowest BCUT2D eigenvalue weighted by Gasteiger charge is -2.37. The number of nitrogens with one attached hydrogen (secondary N) is 1. The number of aryl methyl sites for hydroxylation is 1. The Hall–Kier alpha value is -1.96. The van der Waals surface area contributed by atoms with E-state index in [1.54, 1.807) is 0 Å². The van der Waals surface area contributed by atoms with Crippen molar-refractivity contribution in [3.8, 4) is 0 Å². The van der Waals surface area contributed by atoms with E-state index in [0.717, 1.165) is 13.1 Å². The monoisotopic (exact) mass is 278 g/mol. The Labute approximate surface area is 126 Å². The van der Waals surface area contributed by atoms with Crippen LogP contribution in [0, 0.1) is 0 Å². The summed E-state index contributed by atoms with van der Waals surface area (Å²) >= 11 is 0. The standard InChI is InChI=1S/C19H22N2/c1-14-6-8-17-4-2-3-5-19(17)21(14)13-15-7-9-16-10-11-20-18(16)12-15/h2-5,7,9,12,14,20H,6,8,10-11,13H2,1H3. The van der Waals surface area contributed by atoms with Crippen molar-refractivity contribution >= 4 is 11.4 Å². The van der Waals surface area contributed by atoms with Crippen LogP contribution in [0.2, 0.25) is 0 Å². The van der Waals surface area contributed by atoms with Crippen LogP contribution in [0.3, 0.4) is 0 Å². The van der Waals surface area contributed by atoms with Gasteiger partial charge in [0, 0.05) is 30.5 Å². The highest BCUT2D eigenvalue weighted by Gasteiger charge is 2.23. The Kier molecular flexibility index (Phi) is 3.10. The third kappa shape index (κ3) is 2.29. The fourth-order valence-corrected chi connectivity index (χ4v) is 3.63. The molecule has 2 aliphatic rings. The molecule has 21 heavy (non-hydrogen) atoms. The van der Waals surface area contributed by atoms with Crippen molar-refractivity contribution in [1.82, 2.24) is 0 Å². The van der Waals surface area contributed by atoms with Crippen LogP contribution in [0.5, 0.6) is 0 Å². The van der Waals surface area contributed by atoms with Crippen molar-refractivity contribution in [3.63, 3.8) is 0 Å². The zero-order chi connectivity index (χ0) is 14.2. The van der Waals surface area contributed by atoms with E-state index in [9.17, 15) is 0 Å². The van der Waals surface area contributed by atoms with Crippen LogP contribution in [0.15, 0.2) is 42.5 Å². The molecule has 0 aliphatic carbocycles. The van der Waals surface area contributed by atoms with E-state index in [0.29, 0.717) is 6.04 Å². The Morgan fingerprint density at radius 1 is 1.10 bits per heavy atom. The summed E-state index contributed by atoms with van der Waals surface area (Å²) in [4.78, 5) is 2.56. The Morgan fingerprint density at radius 3 is 2.95 bits per heavy atom. The van der Waals surface area contributed by atoms with Crippen molar-refractivity contribution in [1.29, 1.82) is 0 Å². The Balaban J connectivity index is 1.64. The minimum Gasteiger partial charge on any atom is -0.384 e. The van der Waals surface area contributed by atoms with Crippen molar-refractivity contribution in [3.05, 3.63) is 59.2 Å². The van der Waals surface area contributed by atoms with Gasteiger partial charge in [0.1, 0.15) is 0 Å². The van der Waals surface area contributed by atoms with E-state index >= 15 is 0 Å². The van der Waals surface area contributed by atoms with Gasteiger partial charge in [-0.05, 0) is 55.0 Å². The summed E-state index contributed by atoms with van der Waals surface area (Å²) < 4.78 is 0. The van der Waals surface area contributed by atoms with Gasteiger partial charge in [0.2, 0.25) is 0 Å². The largest absolute Gasteiger partial charge is 0.384 e. The van der Waals surface area contributed by atoms with Gasteiger partial charge in [-0.1, -0.05) is 30.3 Å². The van der Waals surface area contributed by atoms with E-state index in [1.807, 2.05) is 0 Å². The van der Waals surface area contributed by atoms with Crippen molar-refractivity contribution < 1.29 is 0 Å². The molecule has 2 heteroatoms. The summed E-state index contributed by atoms with van der Waals surface area (Å²) in [5, 5.41) is 3.49. The molecule has 4 rings (SSSR count). The quantitative estimate of drug-likeness (QED) is 0.893. The van der Waals surface area contributed by atoms with Crippen molar-refractivity contribution in [2.45, 2.75) is 38.8 Å². The predicted octanol–water partition coefficient (Wildman–Crippen LogP) is 4.00. The van der Waals surface area contributed by atoms with Crippen molar-refractivity contribution in [2.24, 2.45) is 0 Å². The molecule has 0 radical (unpaired) electrons. The van der Waals surface area contributed by atoms with Gasteiger partial charge < -0.3 is 10.2 Å². The highest BCUT2D eigenvalue weighted by Crippen LogP contribution is 2.32. The molecule has 0 fully saturated rings. The number of para-hydroxylation sites is 1. The number of nitrogens with zero attached hydrogens (tertiary/aromatic N) is 1. The highest BCUT2D eigenvalue weighted by atomic mass is 15.2. The first-order chi connectivity index (χ1) is 10.3. The Morgan fingerprint density at radius 2 is 2.00 bits per heavy atom. The minimum atomic E-state index is 0.612. The molecule has 1 unspecified atom stereocenters. The molecular formula is C19H22N2. The summed E-state index contributed by atoms with van der Waals surface area (Å²) in [5.41, 5.74) is 7.13. The number of rotatable bonds is 2. The maximum atomic E-state index is 3.49. The van der Waals surface area contributed by atoms with Gasteiger partial charge in [0.15, 0.2) is 0 Å². The fourth-order valence-electron chi connectivity index (χ4n) is 3.63. The molecule has 1 N–H and O–H groups in total. The van der Waals surface area contributed by atoms with Crippen LogP contribution in [0.25, 0.3) is 0 Å². The number of fused-ring (bicyclic) bond motifs is 2. The lowest BCUT2D eigenvalue weighted by molar-refractivity contribution is 0.560. The first kappa shape index (κ1) is 12.8. The van der Waals surface area contributed by atoms with Gasteiger partial charge in [-0.15, -0.1) is 0 Å². The lowest BCUT2D eigenvalue weighted by Crippen LogP contribution is -2.36. The molecule has 0 saturated heterocycles. The van der Waals surface area contributed by atoms with Crippen LogP contribution in [-0.2, 0) is 19.4 Å². The number of anilines is 2. The van der Waals surface area contributed by atoms with E-state index in [4.69, 9.17) is 0 Å². The second-order valence-electron chi connectivity index (χ2n) is 6.31. The van der Waals surface area contributed by atoms with Crippen LogP contribution >= 0.6 is 0 Å². The number of benzene rings is 2. The first-order valence-corrected chi connectivity index (χ1v) is 8.01. The molecule has 0 aromatic heterocycles. The maximum Gasteiger partial charge on any atom is 0.0433 e. The summed E-state index contributed by atoms with van der Waals surface area (Å²) in [7, 11) is 0. The molecule has 2 aliphatic heterocycles. The number of hydrogen-bond acceptors (Lipinski definition) is 2. The minimum absolute atomic E-state index is 0.612. The van der Waals surface area contributed by atoms with E-state index < -0.39 is 0 Å². The molecule has 2 nitrogen and oxygen atoms in total. The Bertz CT molecular complexity index is 662. The van der Waals surface area contributed by atoms with E-state index in [-0.39, 0.29) is 0 Å². The predicted molar refractivity (Wildman–Crippen MR) is 89.0 cm³/mol. The topological polar surface area (TPSA) is 15.3 Å². The average molecular weight is 278 g/mol. The molecule has 108 valence electrons. The third-order valence-electron chi connectivity index (χ3n) is 4.90. The SMILES string of the molecule is CC1CCc2ccccc2N1Cc1ccc2c(c1)NCC2. The molecule has 2 aromatic rings. The first-order valence-electron chi connectivity index (χ1n) is 8.01. The normalized spacial score (nSPS) is 19.9. The molecule has 0 bridgehead atoms. The molecule has 2 aromatic carbocycles. The van der Waals surface area contributed by atoms with Gasteiger partial charge in [-0.25, -0.2) is 0 Å². The number of hydrogen-bond donors (Lipinski definition) is 1. The average Bonchev–Trinajstić information content (AvgIpc) is 2.98. The second-order valence-corrected chi connectivity index (χ2v) is 6.31. The zero-order valence-electron chi connectivity index (χ0n) is 12.6. The van der Waals surface area contributed by atoms with Gasteiger partial charge >= 0.3 is 0 Å². The summed E-state index contributed by atoms with van der Waals surface area (Å²) in [6.45, 7) is 4.44. The zero-order valence-corrected chi connectivity index (χ0v) is 12.6. The fraction of sp³-hybridized carbons (Fsp3) is 0.368. The smallest absolute Gasteiger partial charge is 0.0433 e. The van der Waals surface area contributed by atoms with Crippen LogP contribution in [0.4, 0.5) is 11.4 Å². The van der Waals surface area contributed by atoms with Crippen LogP contribution in [-0.4, -0.2) is 12.6 Å².